The number of carbonyl (C=O) groups is 2. The number of nitrogens with one attached hydrogen (secondary N) is 1. The van der Waals surface area contributed by atoms with Gasteiger partial charge in [0.2, 0.25) is 0 Å². The van der Waals surface area contributed by atoms with Gasteiger partial charge < -0.3 is 10.0 Å². The van der Waals surface area contributed by atoms with Crippen LogP contribution in [-0.4, -0.2) is 68.2 Å². The summed E-state index contributed by atoms with van der Waals surface area (Å²) >= 11 is 0. The highest BCUT2D eigenvalue weighted by Gasteiger charge is 2.33. The summed E-state index contributed by atoms with van der Waals surface area (Å²) in [4.78, 5) is 24.4. The van der Waals surface area contributed by atoms with Crippen LogP contribution in [0.4, 0.5) is 4.79 Å². The smallest absolute Gasteiger partial charge is 0.358 e. The number of nitrogens with zero attached hydrogens (tertiary/aromatic N) is 5. The number of piperidine rings is 1. The fourth-order valence-corrected chi connectivity index (χ4v) is 2.55. The second-order valence-electron chi connectivity index (χ2n) is 5.41. The van der Waals surface area contributed by atoms with Crippen LogP contribution < -0.4 is 5.43 Å². The molecule has 0 bridgehead atoms. The molecule has 0 aromatic carbocycles. The number of carboxylic acid groups (broad SMARTS) is 1. The zero-order valence-electron chi connectivity index (χ0n) is 11.6. The lowest BCUT2D eigenvalue weighted by atomic mass is 10.1. The first-order valence-corrected chi connectivity index (χ1v) is 7.09. The number of urea groups is 1. The minimum absolute atomic E-state index is 0.00212. The second-order valence-corrected chi connectivity index (χ2v) is 5.41. The first-order chi connectivity index (χ1) is 10.1. The lowest BCUT2D eigenvalue weighted by molar-refractivity contribution is 0.0689. The van der Waals surface area contributed by atoms with Gasteiger partial charge in [0, 0.05) is 26.2 Å². The van der Waals surface area contributed by atoms with E-state index < -0.39 is 5.97 Å². The number of aromatic carboxylic acids is 1. The molecule has 3 heterocycles. The van der Waals surface area contributed by atoms with Crippen molar-refractivity contribution in [3.05, 3.63) is 11.9 Å². The number of aromatic nitrogens is 3. The molecule has 114 valence electrons. The zero-order valence-corrected chi connectivity index (χ0v) is 11.6. The molecule has 2 aliphatic heterocycles. The summed E-state index contributed by atoms with van der Waals surface area (Å²) in [6.07, 6.45) is 4.84. The summed E-state index contributed by atoms with van der Waals surface area (Å²) < 4.78 is 1.51. The van der Waals surface area contributed by atoms with Crippen molar-refractivity contribution in [2.45, 2.75) is 25.3 Å². The van der Waals surface area contributed by atoms with Crippen molar-refractivity contribution in [3.8, 4) is 0 Å². The van der Waals surface area contributed by atoms with Crippen LogP contribution in [0.3, 0.4) is 0 Å². The Morgan fingerprint density at radius 2 is 1.95 bits per heavy atom. The van der Waals surface area contributed by atoms with Gasteiger partial charge in [-0.2, -0.15) is 0 Å². The van der Waals surface area contributed by atoms with Crippen LogP contribution in [0.2, 0.25) is 0 Å². The molecular formula is C12H18N6O3. The van der Waals surface area contributed by atoms with Gasteiger partial charge in [-0.3, -0.25) is 5.43 Å². The van der Waals surface area contributed by atoms with E-state index in [1.54, 1.807) is 4.90 Å². The summed E-state index contributed by atoms with van der Waals surface area (Å²) in [5.41, 5.74) is 2.82. The summed E-state index contributed by atoms with van der Waals surface area (Å²) in [6.45, 7) is 2.83. The van der Waals surface area contributed by atoms with Crippen LogP contribution in [0.1, 0.15) is 35.8 Å². The molecule has 1 aromatic heterocycles. The highest BCUT2D eigenvalue weighted by Crippen LogP contribution is 2.20. The third-order valence-electron chi connectivity index (χ3n) is 3.86. The predicted octanol–water partition coefficient (Wildman–Crippen LogP) is -0.0565. The van der Waals surface area contributed by atoms with Crippen LogP contribution in [0.5, 0.6) is 0 Å². The third-order valence-corrected chi connectivity index (χ3v) is 3.86. The van der Waals surface area contributed by atoms with E-state index in [9.17, 15) is 9.59 Å². The highest BCUT2D eigenvalue weighted by atomic mass is 16.4. The zero-order chi connectivity index (χ0) is 14.8. The van der Waals surface area contributed by atoms with Gasteiger partial charge in [0.15, 0.2) is 5.69 Å². The number of carboxylic acids is 1. The van der Waals surface area contributed by atoms with Gasteiger partial charge in [-0.25, -0.2) is 19.3 Å². The van der Waals surface area contributed by atoms with Crippen LogP contribution in [0.15, 0.2) is 6.20 Å². The Labute approximate surface area is 121 Å². The minimum atomic E-state index is -1.10. The molecule has 0 radical (unpaired) electrons. The molecule has 2 N–H and O–H groups in total. The molecular weight excluding hydrogens is 276 g/mol. The molecule has 2 amide bonds. The summed E-state index contributed by atoms with van der Waals surface area (Å²) in [5, 5.41) is 18.1. The summed E-state index contributed by atoms with van der Waals surface area (Å²) in [7, 11) is 0. The van der Waals surface area contributed by atoms with Crippen LogP contribution in [0, 0.1) is 0 Å². The number of hydrogen-bond donors (Lipinski definition) is 2. The van der Waals surface area contributed by atoms with E-state index in [0.717, 1.165) is 25.9 Å². The first-order valence-electron chi connectivity index (χ1n) is 7.09. The van der Waals surface area contributed by atoms with Crippen molar-refractivity contribution in [2.75, 3.05) is 26.2 Å². The molecule has 0 atom stereocenters. The molecule has 0 saturated carbocycles. The Hall–Kier alpha value is -2.16. The highest BCUT2D eigenvalue weighted by molar-refractivity contribution is 5.84. The molecule has 0 spiro atoms. The Bertz CT molecular complexity index is 533. The molecule has 2 aliphatic rings. The minimum Gasteiger partial charge on any atom is -0.476 e. The normalized spacial score (nSPS) is 20.1. The molecule has 0 unspecified atom stereocenters. The van der Waals surface area contributed by atoms with Gasteiger partial charge in [0.1, 0.15) is 0 Å². The quantitative estimate of drug-likeness (QED) is 0.809. The van der Waals surface area contributed by atoms with Crippen molar-refractivity contribution in [3.63, 3.8) is 0 Å². The number of hydrazine groups is 1. The Morgan fingerprint density at radius 3 is 2.57 bits per heavy atom. The van der Waals surface area contributed by atoms with Crippen molar-refractivity contribution < 1.29 is 14.7 Å². The fraction of sp³-hybridized carbons (Fsp3) is 0.667. The van der Waals surface area contributed by atoms with Crippen LogP contribution >= 0.6 is 0 Å². The van der Waals surface area contributed by atoms with E-state index in [-0.39, 0.29) is 17.8 Å². The molecule has 9 heteroatoms. The monoisotopic (exact) mass is 294 g/mol. The number of amides is 2. The van der Waals surface area contributed by atoms with E-state index in [1.165, 1.54) is 17.3 Å². The molecule has 9 nitrogen and oxygen atoms in total. The fourth-order valence-electron chi connectivity index (χ4n) is 2.55. The number of carbonyl (C=O) groups excluding carboxylic acids is 1. The second kappa shape index (κ2) is 5.68. The Balaban J connectivity index is 1.48. The van der Waals surface area contributed by atoms with Crippen molar-refractivity contribution in [1.29, 1.82) is 0 Å². The van der Waals surface area contributed by atoms with Crippen molar-refractivity contribution in [2.24, 2.45) is 0 Å². The number of rotatable bonds is 3. The van der Waals surface area contributed by atoms with Gasteiger partial charge in [-0.15, -0.1) is 5.10 Å². The van der Waals surface area contributed by atoms with E-state index in [4.69, 9.17) is 5.11 Å². The van der Waals surface area contributed by atoms with E-state index in [0.29, 0.717) is 13.1 Å². The van der Waals surface area contributed by atoms with Crippen LogP contribution in [-0.2, 0) is 0 Å². The van der Waals surface area contributed by atoms with Gasteiger partial charge in [0.05, 0.1) is 12.2 Å². The lowest BCUT2D eigenvalue weighted by Gasteiger charge is -2.40. The maximum absolute atomic E-state index is 12.0. The Morgan fingerprint density at radius 1 is 1.24 bits per heavy atom. The maximum Gasteiger partial charge on any atom is 0.358 e. The summed E-state index contributed by atoms with van der Waals surface area (Å²) in [5.74, 6) is -1.10. The predicted molar refractivity (Wildman–Crippen MR) is 71.5 cm³/mol. The van der Waals surface area contributed by atoms with Crippen molar-refractivity contribution in [1.82, 2.24) is 30.3 Å². The van der Waals surface area contributed by atoms with Crippen molar-refractivity contribution >= 4 is 12.0 Å². The molecule has 3 rings (SSSR count). The SMILES string of the molecule is O=C(O)c1cn(C2CN(C(=O)NN3CCCCC3)C2)nn1. The standard InChI is InChI=1S/C12H18N6O3/c19-11(20)10-8-18(15-13-10)9-6-16(7-9)12(21)14-17-4-2-1-3-5-17/h8-9H,1-7H2,(H,14,21)(H,19,20). The van der Waals surface area contributed by atoms with Gasteiger partial charge in [0.25, 0.3) is 0 Å². The number of hydrogen-bond acceptors (Lipinski definition) is 5. The largest absolute Gasteiger partial charge is 0.476 e. The van der Waals surface area contributed by atoms with Gasteiger partial charge in [-0.05, 0) is 12.8 Å². The van der Waals surface area contributed by atoms with Gasteiger partial charge >= 0.3 is 12.0 Å². The summed E-state index contributed by atoms with van der Waals surface area (Å²) in [6, 6.07) is -0.107. The van der Waals surface area contributed by atoms with E-state index >= 15 is 0 Å². The average molecular weight is 294 g/mol. The molecule has 21 heavy (non-hydrogen) atoms. The third kappa shape index (κ3) is 2.97. The first kappa shape index (κ1) is 13.8. The Kier molecular flexibility index (Phi) is 3.74. The molecule has 2 saturated heterocycles. The maximum atomic E-state index is 12.0. The average Bonchev–Trinajstić information content (AvgIpc) is 2.88. The molecule has 0 aliphatic carbocycles. The van der Waals surface area contributed by atoms with Crippen LogP contribution in [0.25, 0.3) is 0 Å². The van der Waals surface area contributed by atoms with E-state index in [2.05, 4.69) is 15.7 Å². The molecule has 1 aromatic rings. The topological polar surface area (TPSA) is 104 Å². The number of likely N-dealkylation sites (tertiary alicyclic amines) is 1. The van der Waals surface area contributed by atoms with E-state index in [1.807, 2.05) is 5.01 Å². The lowest BCUT2D eigenvalue weighted by Crippen LogP contribution is -2.58. The van der Waals surface area contributed by atoms with Gasteiger partial charge in [-0.1, -0.05) is 11.6 Å². The molecule has 2 fully saturated rings.